The molecule has 0 atom stereocenters. The van der Waals surface area contributed by atoms with Crippen LogP contribution in [0, 0.1) is 0 Å². The van der Waals surface area contributed by atoms with Crippen molar-refractivity contribution < 1.29 is 9.53 Å². The zero-order valence-corrected chi connectivity index (χ0v) is 12.2. The summed E-state index contributed by atoms with van der Waals surface area (Å²) >= 11 is 6.06. The lowest BCUT2D eigenvalue weighted by Crippen LogP contribution is -2.21. The van der Waals surface area contributed by atoms with Crippen LogP contribution in [0.1, 0.15) is 15.9 Å². The van der Waals surface area contributed by atoms with E-state index in [1.54, 1.807) is 43.3 Å². The Balaban J connectivity index is 2.01. The SMILES string of the molecule is CN(C)C(=O)c1ccc(OCc2ccccc2Cl)cc1. The Labute approximate surface area is 123 Å². The van der Waals surface area contributed by atoms with E-state index in [0.717, 1.165) is 5.56 Å². The molecule has 2 aromatic rings. The first kappa shape index (κ1) is 14.4. The van der Waals surface area contributed by atoms with Gasteiger partial charge in [0.25, 0.3) is 5.91 Å². The molecule has 0 aliphatic heterocycles. The quantitative estimate of drug-likeness (QED) is 0.860. The fourth-order valence-corrected chi connectivity index (χ4v) is 1.92. The van der Waals surface area contributed by atoms with Crippen molar-refractivity contribution in [3.05, 3.63) is 64.7 Å². The summed E-state index contributed by atoms with van der Waals surface area (Å²) in [5.74, 6) is 0.683. The highest BCUT2D eigenvalue weighted by Gasteiger charge is 2.07. The van der Waals surface area contributed by atoms with Gasteiger partial charge in [-0.1, -0.05) is 29.8 Å². The van der Waals surface area contributed by atoms with Crippen molar-refractivity contribution in [2.24, 2.45) is 0 Å². The van der Waals surface area contributed by atoms with Gasteiger partial charge in [-0.25, -0.2) is 0 Å². The van der Waals surface area contributed by atoms with Gasteiger partial charge in [0.1, 0.15) is 12.4 Å². The highest BCUT2D eigenvalue weighted by molar-refractivity contribution is 6.31. The van der Waals surface area contributed by atoms with Crippen LogP contribution in [0.4, 0.5) is 0 Å². The number of nitrogens with zero attached hydrogens (tertiary/aromatic N) is 1. The Kier molecular flexibility index (Phi) is 4.64. The zero-order chi connectivity index (χ0) is 14.5. The lowest BCUT2D eigenvalue weighted by Gasteiger charge is -2.11. The van der Waals surface area contributed by atoms with E-state index in [4.69, 9.17) is 16.3 Å². The molecule has 1 amide bonds. The van der Waals surface area contributed by atoms with Crippen LogP contribution in [-0.4, -0.2) is 24.9 Å². The summed E-state index contributed by atoms with van der Waals surface area (Å²) in [6.45, 7) is 0.403. The largest absolute Gasteiger partial charge is 0.489 e. The Bertz CT molecular complexity index is 594. The first-order chi connectivity index (χ1) is 9.58. The number of carbonyl (C=O) groups is 1. The van der Waals surface area contributed by atoms with Crippen LogP contribution >= 0.6 is 11.6 Å². The van der Waals surface area contributed by atoms with Crippen molar-refractivity contribution in [2.45, 2.75) is 6.61 Å². The summed E-state index contributed by atoms with van der Waals surface area (Å²) < 4.78 is 5.66. The number of benzene rings is 2. The maximum Gasteiger partial charge on any atom is 0.253 e. The smallest absolute Gasteiger partial charge is 0.253 e. The molecule has 3 nitrogen and oxygen atoms in total. The standard InChI is InChI=1S/C16H16ClNO2/c1-18(2)16(19)12-7-9-14(10-8-12)20-11-13-5-3-4-6-15(13)17/h3-10H,11H2,1-2H3. The van der Waals surface area contributed by atoms with Crippen molar-refractivity contribution in [2.75, 3.05) is 14.1 Å². The molecule has 0 aliphatic carbocycles. The van der Waals surface area contributed by atoms with Gasteiger partial charge in [0.05, 0.1) is 0 Å². The summed E-state index contributed by atoms with van der Waals surface area (Å²) in [6.07, 6.45) is 0. The summed E-state index contributed by atoms with van der Waals surface area (Å²) in [5, 5.41) is 0.687. The normalized spacial score (nSPS) is 10.2. The molecular weight excluding hydrogens is 274 g/mol. The third-order valence-corrected chi connectivity index (χ3v) is 3.23. The number of ether oxygens (including phenoxy) is 1. The third kappa shape index (κ3) is 3.52. The van der Waals surface area contributed by atoms with E-state index in [-0.39, 0.29) is 5.91 Å². The number of amides is 1. The van der Waals surface area contributed by atoms with E-state index in [1.807, 2.05) is 24.3 Å². The second-order valence-electron chi connectivity index (χ2n) is 4.60. The third-order valence-electron chi connectivity index (χ3n) is 2.86. The molecule has 0 aliphatic rings. The van der Waals surface area contributed by atoms with Gasteiger partial charge in [-0.2, -0.15) is 0 Å². The van der Waals surface area contributed by atoms with Crippen LogP contribution in [0.5, 0.6) is 5.75 Å². The van der Waals surface area contributed by atoms with Crippen molar-refractivity contribution in [3.8, 4) is 5.75 Å². The molecule has 2 rings (SSSR count). The molecule has 0 heterocycles. The van der Waals surface area contributed by atoms with E-state index in [2.05, 4.69) is 0 Å². The zero-order valence-electron chi connectivity index (χ0n) is 11.5. The Morgan fingerprint density at radius 1 is 1.10 bits per heavy atom. The molecular formula is C16H16ClNO2. The van der Waals surface area contributed by atoms with Crippen LogP contribution in [-0.2, 0) is 6.61 Å². The molecule has 20 heavy (non-hydrogen) atoms. The molecule has 2 aromatic carbocycles. The van der Waals surface area contributed by atoms with Crippen LogP contribution in [0.3, 0.4) is 0 Å². The lowest BCUT2D eigenvalue weighted by atomic mass is 10.2. The van der Waals surface area contributed by atoms with Gasteiger partial charge in [-0.05, 0) is 30.3 Å². The van der Waals surface area contributed by atoms with Crippen LogP contribution in [0.25, 0.3) is 0 Å². The highest BCUT2D eigenvalue weighted by Crippen LogP contribution is 2.19. The van der Waals surface area contributed by atoms with Crippen molar-refractivity contribution in [3.63, 3.8) is 0 Å². The fraction of sp³-hybridized carbons (Fsp3) is 0.188. The first-order valence-electron chi connectivity index (χ1n) is 6.26. The Hall–Kier alpha value is -2.00. The molecule has 4 heteroatoms. The predicted octanol–water partition coefficient (Wildman–Crippen LogP) is 3.62. The highest BCUT2D eigenvalue weighted by atomic mass is 35.5. The van der Waals surface area contributed by atoms with Crippen molar-refractivity contribution in [1.29, 1.82) is 0 Å². The first-order valence-corrected chi connectivity index (χ1v) is 6.63. The van der Waals surface area contributed by atoms with Crippen LogP contribution in [0.15, 0.2) is 48.5 Å². The average Bonchev–Trinajstić information content (AvgIpc) is 2.46. The monoisotopic (exact) mass is 289 g/mol. The number of carbonyl (C=O) groups excluding carboxylic acids is 1. The molecule has 0 saturated carbocycles. The van der Waals surface area contributed by atoms with Gasteiger partial charge in [-0.3, -0.25) is 4.79 Å². The van der Waals surface area contributed by atoms with E-state index < -0.39 is 0 Å². The van der Waals surface area contributed by atoms with Crippen LogP contribution < -0.4 is 4.74 Å². The second-order valence-corrected chi connectivity index (χ2v) is 5.01. The minimum absolute atomic E-state index is 0.0253. The summed E-state index contributed by atoms with van der Waals surface area (Å²) in [5.41, 5.74) is 1.57. The van der Waals surface area contributed by atoms with E-state index >= 15 is 0 Å². The van der Waals surface area contributed by atoms with E-state index in [0.29, 0.717) is 22.9 Å². The van der Waals surface area contributed by atoms with E-state index in [9.17, 15) is 4.79 Å². The minimum atomic E-state index is -0.0253. The topological polar surface area (TPSA) is 29.5 Å². The molecule has 0 aromatic heterocycles. The predicted molar refractivity (Wildman–Crippen MR) is 80.2 cm³/mol. The van der Waals surface area contributed by atoms with Gasteiger partial charge in [0, 0.05) is 30.2 Å². The second kappa shape index (κ2) is 6.44. The number of rotatable bonds is 4. The minimum Gasteiger partial charge on any atom is -0.489 e. The average molecular weight is 290 g/mol. The van der Waals surface area contributed by atoms with Crippen LogP contribution in [0.2, 0.25) is 5.02 Å². The Morgan fingerprint density at radius 3 is 2.35 bits per heavy atom. The molecule has 0 saturated heterocycles. The summed E-state index contributed by atoms with van der Waals surface area (Å²) in [6, 6.07) is 14.6. The van der Waals surface area contributed by atoms with Crippen molar-refractivity contribution in [1.82, 2.24) is 4.90 Å². The van der Waals surface area contributed by atoms with Gasteiger partial charge in [0.15, 0.2) is 0 Å². The molecule has 0 radical (unpaired) electrons. The molecule has 104 valence electrons. The maximum atomic E-state index is 11.7. The van der Waals surface area contributed by atoms with Gasteiger partial charge in [0.2, 0.25) is 0 Å². The summed E-state index contributed by atoms with van der Waals surface area (Å²) in [7, 11) is 3.45. The van der Waals surface area contributed by atoms with Crippen molar-refractivity contribution >= 4 is 17.5 Å². The molecule has 0 spiro atoms. The Morgan fingerprint density at radius 2 is 1.75 bits per heavy atom. The molecule has 0 N–H and O–H groups in total. The number of hydrogen-bond acceptors (Lipinski definition) is 2. The number of hydrogen-bond donors (Lipinski definition) is 0. The maximum absolute atomic E-state index is 11.7. The van der Waals surface area contributed by atoms with E-state index in [1.165, 1.54) is 0 Å². The van der Waals surface area contributed by atoms with Gasteiger partial charge >= 0.3 is 0 Å². The molecule has 0 bridgehead atoms. The molecule has 0 fully saturated rings. The van der Waals surface area contributed by atoms with Gasteiger partial charge in [-0.15, -0.1) is 0 Å². The van der Waals surface area contributed by atoms with Gasteiger partial charge < -0.3 is 9.64 Å². The fourth-order valence-electron chi connectivity index (χ4n) is 1.73. The number of halogens is 1. The lowest BCUT2D eigenvalue weighted by molar-refractivity contribution is 0.0827. The molecule has 0 unspecified atom stereocenters. The summed E-state index contributed by atoms with van der Waals surface area (Å²) in [4.78, 5) is 13.3.